The van der Waals surface area contributed by atoms with Gasteiger partial charge in [0, 0.05) is 21.6 Å². The van der Waals surface area contributed by atoms with Gasteiger partial charge < -0.3 is 5.32 Å². The molecule has 3 heteroatoms. The summed E-state index contributed by atoms with van der Waals surface area (Å²) in [6.45, 7) is 8.91. The minimum absolute atomic E-state index is 0.820. The van der Waals surface area contributed by atoms with Crippen LogP contribution in [0.3, 0.4) is 0 Å². The predicted octanol–water partition coefficient (Wildman–Crippen LogP) is 6.00. The number of anilines is 1. The number of hydrogen-bond donors (Lipinski definition) is 1. The molecule has 0 aliphatic heterocycles. The van der Waals surface area contributed by atoms with E-state index in [9.17, 15) is 0 Å². The molecule has 0 amide bonds. The molecule has 0 aromatic heterocycles. The molecule has 1 nitrogen and oxygen atoms in total. The average Bonchev–Trinajstić information content (AvgIpc) is 2.40. The maximum absolute atomic E-state index is 3.97. The summed E-state index contributed by atoms with van der Waals surface area (Å²) < 4.78 is 1.08. The molecule has 0 saturated carbocycles. The molecular weight excluding hydrogens is 330 g/mol. The highest BCUT2D eigenvalue weighted by Crippen LogP contribution is 2.34. The van der Waals surface area contributed by atoms with Crippen molar-refractivity contribution in [1.82, 2.24) is 0 Å². The summed E-state index contributed by atoms with van der Waals surface area (Å²) in [5, 5.41) is 3.50. The fourth-order valence-corrected chi connectivity index (χ4v) is 2.93. The van der Waals surface area contributed by atoms with Crippen molar-refractivity contribution < 1.29 is 0 Å². The van der Waals surface area contributed by atoms with Crippen LogP contribution < -0.4 is 5.32 Å². The molecule has 0 radical (unpaired) electrons. The standard InChI is InChI=1S/C17H18BrNS/c1-12(2)20-17-9-8-15(18)10-16(17)19-11-14-6-4-13(3)5-7-14/h4-10,19H,1,11H2,2-3H3. The summed E-state index contributed by atoms with van der Waals surface area (Å²) in [5.74, 6) is 0. The molecule has 0 aliphatic carbocycles. The van der Waals surface area contributed by atoms with Crippen LogP contribution in [-0.4, -0.2) is 0 Å². The Morgan fingerprint density at radius 1 is 1.20 bits per heavy atom. The molecule has 1 N–H and O–H groups in total. The lowest BCUT2D eigenvalue weighted by molar-refractivity contribution is 1.13. The zero-order valence-electron chi connectivity index (χ0n) is 11.7. The molecule has 0 heterocycles. The number of nitrogens with one attached hydrogen (secondary N) is 1. The summed E-state index contributed by atoms with van der Waals surface area (Å²) >= 11 is 5.22. The molecule has 0 unspecified atom stereocenters. The van der Waals surface area contributed by atoms with Crippen LogP contribution in [-0.2, 0) is 6.54 Å². The van der Waals surface area contributed by atoms with Gasteiger partial charge in [-0.25, -0.2) is 0 Å². The first-order chi connectivity index (χ1) is 9.54. The Bertz CT molecular complexity index is 605. The Hall–Kier alpha value is -1.19. The van der Waals surface area contributed by atoms with Gasteiger partial charge in [0.2, 0.25) is 0 Å². The summed E-state index contributed by atoms with van der Waals surface area (Å²) in [6.07, 6.45) is 0. The second-order valence-corrected chi connectivity index (χ2v) is 7.04. The topological polar surface area (TPSA) is 12.0 Å². The fraction of sp³-hybridized carbons (Fsp3) is 0.176. The molecule has 2 aromatic carbocycles. The van der Waals surface area contributed by atoms with Gasteiger partial charge >= 0.3 is 0 Å². The molecule has 0 spiro atoms. The molecule has 0 aliphatic rings. The first kappa shape index (κ1) is 15.2. The maximum atomic E-state index is 3.97. The Kier molecular flexibility index (Phi) is 5.32. The van der Waals surface area contributed by atoms with E-state index in [0.717, 1.165) is 21.6 Å². The van der Waals surface area contributed by atoms with Crippen molar-refractivity contribution in [2.45, 2.75) is 25.3 Å². The Balaban J connectivity index is 2.13. The lowest BCUT2D eigenvalue weighted by atomic mass is 10.1. The zero-order valence-corrected chi connectivity index (χ0v) is 14.1. The second-order valence-electron chi connectivity index (χ2n) is 4.78. The van der Waals surface area contributed by atoms with Crippen LogP contribution in [0.4, 0.5) is 5.69 Å². The first-order valence-electron chi connectivity index (χ1n) is 6.47. The Morgan fingerprint density at radius 3 is 2.55 bits per heavy atom. The number of benzene rings is 2. The second kappa shape index (κ2) is 7.00. The molecule has 0 fully saturated rings. The fourth-order valence-electron chi connectivity index (χ4n) is 1.82. The lowest BCUT2D eigenvalue weighted by Gasteiger charge is -2.12. The van der Waals surface area contributed by atoms with Gasteiger partial charge in [0.15, 0.2) is 0 Å². The monoisotopic (exact) mass is 347 g/mol. The third-order valence-electron chi connectivity index (χ3n) is 2.83. The molecule has 104 valence electrons. The molecule has 20 heavy (non-hydrogen) atoms. The number of hydrogen-bond acceptors (Lipinski definition) is 2. The van der Waals surface area contributed by atoms with Crippen molar-refractivity contribution >= 4 is 33.4 Å². The van der Waals surface area contributed by atoms with Gasteiger partial charge in [0.25, 0.3) is 0 Å². The van der Waals surface area contributed by atoms with E-state index in [-0.39, 0.29) is 0 Å². The smallest absolute Gasteiger partial charge is 0.0495 e. The molecule has 2 aromatic rings. The minimum Gasteiger partial charge on any atom is -0.380 e. The van der Waals surface area contributed by atoms with Gasteiger partial charge in [-0.3, -0.25) is 0 Å². The van der Waals surface area contributed by atoms with E-state index in [1.165, 1.54) is 16.0 Å². The van der Waals surface area contributed by atoms with E-state index >= 15 is 0 Å². The van der Waals surface area contributed by atoms with Gasteiger partial charge in [-0.2, -0.15) is 0 Å². The number of allylic oxidation sites excluding steroid dienone is 1. The molecule has 0 bridgehead atoms. The highest BCUT2D eigenvalue weighted by Gasteiger charge is 2.04. The Labute approximate surface area is 133 Å². The van der Waals surface area contributed by atoms with E-state index in [2.05, 4.69) is 77.2 Å². The number of aryl methyl sites for hydroxylation is 1. The molecule has 0 saturated heterocycles. The van der Waals surface area contributed by atoms with Crippen LogP contribution in [0.1, 0.15) is 18.1 Å². The van der Waals surface area contributed by atoms with Gasteiger partial charge in [-0.15, -0.1) is 0 Å². The van der Waals surface area contributed by atoms with Crippen molar-refractivity contribution in [3.63, 3.8) is 0 Å². The number of halogens is 1. The highest BCUT2D eigenvalue weighted by atomic mass is 79.9. The van der Waals surface area contributed by atoms with Crippen molar-refractivity contribution in [1.29, 1.82) is 0 Å². The summed E-state index contributed by atoms with van der Waals surface area (Å²) in [6, 6.07) is 14.9. The van der Waals surface area contributed by atoms with Crippen LogP contribution in [0.25, 0.3) is 0 Å². The van der Waals surface area contributed by atoms with E-state index in [0.29, 0.717) is 0 Å². The number of thioether (sulfide) groups is 1. The van der Waals surface area contributed by atoms with Crippen LogP contribution in [0, 0.1) is 6.92 Å². The van der Waals surface area contributed by atoms with Crippen molar-refractivity contribution in [2.24, 2.45) is 0 Å². The van der Waals surface area contributed by atoms with Crippen LogP contribution in [0.2, 0.25) is 0 Å². The lowest BCUT2D eigenvalue weighted by Crippen LogP contribution is -2.00. The van der Waals surface area contributed by atoms with Crippen molar-refractivity contribution in [3.05, 3.63) is 69.5 Å². The maximum Gasteiger partial charge on any atom is 0.0495 e. The van der Waals surface area contributed by atoms with E-state index in [1.807, 2.05) is 6.92 Å². The van der Waals surface area contributed by atoms with E-state index in [4.69, 9.17) is 0 Å². The minimum atomic E-state index is 0.820. The van der Waals surface area contributed by atoms with Crippen LogP contribution >= 0.6 is 27.7 Å². The van der Waals surface area contributed by atoms with E-state index < -0.39 is 0 Å². The van der Waals surface area contributed by atoms with Gasteiger partial charge in [-0.05, 0) is 42.5 Å². The third kappa shape index (κ3) is 4.43. The normalized spacial score (nSPS) is 10.3. The summed E-state index contributed by atoms with van der Waals surface area (Å²) in [5.41, 5.74) is 3.70. The van der Waals surface area contributed by atoms with Gasteiger partial charge in [-0.1, -0.05) is 64.1 Å². The Morgan fingerprint density at radius 2 is 1.90 bits per heavy atom. The quantitative estimate of drug-likeness (QED) is 0.666. The van der Waals surface area contributed by atoms with Gasteiger partial charge in [0.05, 0.1) is 0 Å². The van der Waals surface area contributed by atoms with Crippen molar-refractivity contribution in [3.8, 4) is 0 Å². The third-order valence-corrected chi connectivity index (χ3v) is 4.25. The molecule has 0 atom stereocenters. The van der Waals surface area contributed by atoms with Gasteiger partial charge in [0.1, 0.15) is 0 Å². The average molecular weight is 348 g/mol. The molecular formula is C17H18BrNS. The largest absolute Gasteiger partial charge is 0.380 e. The van der Waals surface area contributed by atoms with Crippen LogP contribution in [0.5, 0.6) is 0 Å². The zero-order chi connectivity index (χ0) is 14.5. The summed E-state index contributed by atoms with van der Waals surface area (Å²) in [4.78, 5) is 2.29. The number of rotatable bonds is 5. The van der Waals surface area contributed by atoms with Crippen molar-refractivity contribution in [2.75, 3.05) is 5.32 Å². The summed E-state index contributed by atoms with van der Waals surface area (Å²) in [7, 11) is 0. The first-order valence-corrected chi connectivity index (χ1v) is 8.08. The van der Waals surface area contributed by atoms with Crippen LogP contribution in [0.15, 0.2) is 63.3 Å². The molecule has 2 rings (SSSR count). The highest BCUT2D eigenvalue weighted by molar-refractivity contribution is 9.10. The predicted molar refractivity (Wildman–Crippen MR) is 93.3 cm³/mol. The SMILES string of the molecule is C=C(C)Sc1ccc(Br)cc1NCc1ccc(C)cc1. The van der Waals surface area contributed by atoms with E-state index in [1.54, 1.807) is 11.8 Å².